The largest absolute Gasteiger partial charge is 0.353 e. The molecule has 33 heavy (non-hydrogen) atoms. The predicted octanol–water partition coefficient (Wildman–Crippen LogP) is 2.87. The summed E-state index contributed by atoms with van der Waals surface area (Å²) in [6.45, 7) is 2.75. The van der Waals surface area contributed by atoms with Crippen LogP contribution in [0.3, 0.4) is 0 Å². The third-order valence-electron chi connectivity index (χ3n) is 5.59. The van der Waals surface area contributed by atoms with E-state index < -0.39 is 0 Å². The third-order valence-corrected chi connectivity index (χ3v) is 5.59. The van der Waals surface area contributed by atoms with Gasteiger partial charge in [0.15, 0.2) is 5.82 Å². The van der Waals surface area contributed by atoms with Crippen molar-refractivity contribution in [3.63, 3.8) is 0 Å². The predicted molar refractivity (Wildman–Crippen MR) is 122 cm³/mol. The zero-order valence-corrected chi connectivity index (χ0v) is 18.0. The molecule has 1 aliphatic heterocycles. The maximum Gasteiger partial charge on any atom is 0.227 e. The first kappa shape index (κ1) is 20.7. The van der Waals surface area contributed by atoms with E-state index in [0.717, 1.165) is 30.0 Å². The van der Waals surface area contributed by atoms with Gasteiger partial charge in [-0.3, -0.25) is 9.78 Å². The van der Waals surface area contributed by atoms with Gasteiger partial charge in [-0.1, -0.05) is 35.5 Å². The summed E-state index contributed by atoms with van der Waals surface area (Å²) in [4.78, 5) is 34.3. The summed E-state index contributed by atoms with van der Waals surface area (Å²) in [5, 5.41) is 3.99. The molecule has 1 aromatic carbocycles. The van der Waals surface area contributed by atoms with Crippen LogP contribution >= 0.6 is 0 Å². The van der Waals surface area contributed by atoms with E-state index in [1.165, 1.54) is 0 Å². The van der Waals surface area contributed by atoms with Crippen molar-refractivity contribution in [1.82, 2.24) is 30.0 Å². The Morgan fingerprint density at radius 1 is 0.848 bits per heavy atom. The Kier molecular flexibility index (Phi) is 6.01. The normalized spacial score (nSPS) is 13.8. The zero-order valence-electron chi connectivity index (χ0n) is 18.0. The number of hydrogen-bond donors (Lipinski definition) is 0. The Hall–Kier alpha value is -4.14. The third kappa shape index (κ3) is 4.87. The van der Waals surface area contributed by atoms with E-state index in [1.54, 1.807) is 18.6 Å². The molecule has 1 saturated heterocycles. The van der Waals surface area contributed by atoms with Crippen LogP contribution in [-0.2, 0) is 11.2 Å². The summed E-state index contributed by atoms with van der Waals surface area (Å²) in [6.07, 6.45) is 5.90. The molecule has 0 aliphatic carbocycles. The van der Waals surface area contributed by atoms with Gasteiger partial charge in [0.2, 0.25) is 17.6 Å². The van der Waals surface area contributed by atoms with E-state index in [2.05, 4.69) is 25.0 Å². The molecule has 0 bridgehead atoms. The molecule has 0 unspecified atom stereocenters. The van der Waals surface area contributed by atoms with Gasteiger partial charge in [-0.2, -0.15) is 4.98 Å². The number of aryl methyl sites for hydroxylation is 1. The van der Waals surface area contributed by atoms with E-state index in [4.69, 9.17) is 9.51 Å². The van der Waals surface area contributed by atoms with Crippen LogP contribution in [0.15, 0.2) is 71.6 Å². The first-order chi connectivity index (χ1) is 16.3. The summed E-state index contributed by atoms with van der Waals surface area (Å²) >= 11 is 0. The summed E-state index contributed by atoms with van der Waals surface area (Å²) in [5.41, 5.74) is 1.82. The van der Waals surface area contributed by atoms with E-state index in [9.17, 15) is 4.79 Å². The standard InChI is InChI=1S/C24H23N7O2/c32-22(7-6-21-28-24(29-33-21)19-8-11-25-12-9-19)31-16-14-30(15-17-31)20-10-13-26-23(27-20)18-4-2-1-3-5-18/h1-5,8-13H,6-7,14-17H2. The molecule has 5 rings (SSSR count). The van der Waals surface area contributed by atoms with Gasteiger partial charge in [0, 0.05) is 68.7 Å². The molecule has 9 heteroatoms. The molecule has 0 atom stereocenters. The lowest BCUT2D eigenvalue weighted by Crippen LogP contribution is -2.49. The number of carbonyl (C=O) groups is 1. The second-order valence-electron chi connectivity index (χ2n) is 7.72. The highest BCUT2D eigenvalue weighted by Crippen LogP contribution is 2.20. The van der Waals surface area contributed by atoms with Gasteiger partial charge in [0.1, 0.15) is 5.82 Å². The molecule has 0 spiro atoms. The van der Waals surface area contributed by atoms with E-state index in [-0.39, 0.29) is 5.91 Å². The van der Waals surface area contributed by atoms with Gasteiger partial charge in [0.05, 0.1) is 0 Å². The van der Waals surface area contributed by atoms with Crippen LogP contribution in [0.1, 0.15) is 12.3 Å². The number of amides is 1. The molecule has 0 N–H and O–H groups in total. The monoisotopic (exact) mass is 441 g/mol. The van der Waals surface area contributed by atoms with E-state index >= 15 is 0 Å². The summed E-state index contributed by atoms with van der Waals surface area (Å²) in [6, 6.07) is 15.5. The molecule has 166 valence electrons. The number of piperazine rings is 1. The van der Waals surface area contributed by atoms with Crippen molar-refractivity contribution in [2.75, 3.05) is 31.1 Å². The lowest BCUT2D eigenvalue weighted by atomic mass is 10.2. The minimum absolute atomic E-state index is 0.0889. The Morgan fingerprint density at radius 3 is 2.39 bits per heavy atom. The molecule has 0 saturated carbocycles. The Morgan fingerprint density at radius 2 is 1.61 bits per heavy atom. The topological polar surface area (TPSA) is 101 Å². The molecule has 3 aromatic heterocycles. The lowest BCUT2D eigenvalue weighted by Gasteiger charge is -2.35. The van der Waals surface area contributed by atoms with Crippen LogP contribution in [0.4, 0.5) is 5.82 Å². The molecule has 0 radical (unpaired) electrons. The van der Waals surface area contributed by atoms with Gasteiger partial charge < -0.3 is 14.3 Å². The number of pyridine rings is 1. The van der Waals surface area contributed by atoms with Crippen molar-refractivity contribution in [3.05, 3.63) is 73.0 Å². The van der Waals surface area contributed by atoms with Gasteiger partial charge in [-0.25, -0.2) is 9.97 Å². The average molecular weight is 441 g/mol. The molecule has 4 heterocycles. The number of benzene rings is 1. The minimum Gasteiger partial charge on any atom is -0.353 e. The maximum absolute atomic E-state index is 12.7. The van der Waals surface area contributed by atoms with Crippen molar-refractivity contribution < 1.29 is 9.32 Å². The highest BCUT2D eigenvalue weighted by atomic mass is 16.5. The van der Waals surface area contributed by atoms with Crippen LogP contribution in [0.25, 0.3) is 22.8 Å². The van der Waals surface area contributed by atoms with Crippen molar-refractivity contribution in [2.24, 2.45) is 0 Å². The maximum atomic E-state index is 12.7. The highest BCUT2D eigenvalue weighted by Gasteiger charge is 2.23. The second-order valence-corrected chi connectivity index (χ2v) is 7.72. The fourth-order valence-electron chi connectivity index (χ4n) is 3.78. The van der Waals surface area contributed by atoms with Crippen molar-refractivity contribution in [3.8, 4) is 22.8 Å². The van der Waals surface area contributed by atoms with Crippen molar-refractivity contribution in [2.45, 2.75) is 12.8 Å². The van der Waals surface area contributed by atoms with E-state index in [0.29, 0.717) is 43.5 Å². The molecule has 1 fully saturated rings. The summed E-state index contributed by atoms with van der Waals surface area (Å²) < 4.78 is 5.30. The second kappa shape index (κ2) is 9.56. The van der Waals surface area contributed by atoms with Gasteiger partial charge in [-0.15, -0.1) is 0 Å². The van der Waals surface area contributed by atoms with Crippen LogP contribution in [0.2, 0.25) is 0 Å². The average Bonchev–Trinajstić information content (AvgIpc) is 3.38. The fraction of sp³-hybridized carbons (Fsp3) is 0.250. The minimum atomic E-state index is 0.0889. The molecular formula is C24H23N7O2. The van der Waals surface area contributed by atoms with Gasteiger partial charge >= 0.3 is 0 Å². The molecule has 9 nitrogen and oxygen atoms in total. The number of rotatable bonds is 6. The van der Waals surface area contributed by atoms with Crippen LogP contribution in [0.5, 0.6) is 0 Å². The van der Waals surface area contributed by atoms with Crippen molar-refractivity contribution in [1.29, 1.82) is 0 Å². The van der Waals surface area contributed by atoms with Crippen molar-refractivity contribution >= 4 is 11.7 Å². The van der Waals surface area contributed by atoms with Gasteiger partial charge in [0.25, 0.3) is 0 Å². The van der Waals surface area contributed by atoms with Crippen LogP contribution in [-0.4, -0.2) is 62.1 Å². The molecule has 1 amide bonds. The Balaban J connectivity index is 1.14. The zero-order chi connectivity index (χ0) is 22.5. The smallest absolute Gasteiger partial charge is 0.227 e. The number of nitrogens with zero attached hydrogens (tertiary/aromatic N) is 7. The fourth-order valence-corrected chi connectivity index (χ4v) is 3.78. The van der Waals surface area contributed by atoms with Crippen LogP contribution < -0.4 is 4.90 Å². The lowest BCUT2D eigenvalue weighted by molar-refractivity contribution is -0.131. The first-order valence-corrected chi connectivity index (χ1v) is 10.9. The molecular weight excluding hydrogens is 418 g/mol. The number of carbonyl (C=O) groups excluding carboxylic acids is 1. The summed E-state index contributed by atoms with van der Waals surface area (Å²) in [7, 11) is 0. The SMILES string of the molecule is O=C(CCc1nc(-c2ccncc2)no1)N1CCN(c2ccnc(-c3ccccc3)n2)CC1. The quantitative estimate of drug-likeness (QED) is 0.450. The van der Waals surface area contributed by atoms with E-state index in [1.807, 2.05) is 53.4 Å². The first-order valence-electron chi connectivity index (χ1n) is 10.9. The summed E-state index contributed by atoms with van der Waals surface area (Å²) in [5.74, 6) is 2.64. The Labute approximate surface area is 191 Å². The molecule has 1 aliphatic rings. The van der Waals surface area contributed by atoms with Crippen LogP contribution in [0, 0.1) is 0 Å². The number of hydrogen-bond acceptors (Lipinski definition) is 8. The highest BCUT2D eigenvalue weighted by molar-refractivity contribution is 5.76. The van der Waals surface area contributed by atoms with Gasteiger partial charge in [-0.05, 0) is 18.2 Å². The Bertz CT molecular complexity index is 1210. The number of aromatic nitrogens is 5. The number of anilines is 1. The molecule has 4 aromatic rings.